The number of fused-ring (bicyclic) bond motifs is 1. The van der Waals surface area contributed by atoms with Crippen LogP contribution in [-0.2, 0) is 22.6 Å². The van der Waals surface area contributed by atoms with Crippen LogP contribution < -0.4 is 4.74 Å². The van der Waals surface area contributed by atoms with Gasteiger partial charge >= 0.3 is 0 Å². The molecule has 1 aliphatic rings. The highest BCUT2D eigenvalue weighted by atomic mass is 16.5. The molecule has 0 bridgehead atoms. The zero-order valence-corrected chi connectivity index (χ0v) is 19.0. The molecule has 0 radical (unpaired) electrons. The number of nitrogens with zero attached hydrogens (tertiary/aromatic N) is 2. The molecule has 172 valence electrons. The van der Waals surface area contributed by atoms with Crippen LogP contribution in [0.15, 0.2) is 91.3 Å². The molecular formula is C29H28N2O3. The van der Waals surface area contributed by atoms with Gasteiger partial charge in [0, 0.05) is 30.2 Å². The van der Waals surface area contributed by atoms with E-state index in [-0.39, 0.29) is 12.0 Å². The van der Waals surface area contributed by atoms with E-state index in [0.717, 1.165) is 35.1 Å². The van der Waals surface area contributed by atoms with Crippen molar-refractivity contribution in [2.24, 2.45) is 5.92 Å². The number of carbonyl (C=O) groups excluding carboxylic acids is 1. The number of hydrogen-bond acceptors (Lipinski definition) is 4. The van der Waals surface area contributed by atoms with Crippen molar-refractivity contribution in [3.8, 4) is 5.75 Å². The van der Waals surface area contributed by atoms with E-state index in [1.165, 1.54) is 10.9 Å². The van der Waals surface area contributed by atoms with E-state index in [1.54, 1.807) is 0 Å². The minimum Gasteiger partial charge on any atom is -0.489 e. The molecule has 1 fully saturated rings. The van der Waals surface area contributed by atoms with E-state index >= 15 is 0 Å². The van der Waals surface area contributed by atoms with Gasteiger partial charge in [0.2, 0.25) is 6.41 Å². The lowest BCUT2D eigenvalue weighted by Crippen LogP contribution is -2.32. The molecule has 1 saturated heterocycles. The number of benzene rings is 3. The maximum absolute atomic E-state index is 12.1. The first-order chi connectivity index (χ1) is 16.8. The molecule has 2 unspecified atom stereocenters. The van der Waals surface area contributed by atoms with Gasteiger partial charge in [0.25, 0.3) is 0 Å². The molecular weight excluding hydrogens is 424 g/mol. The van der Waals surface area contributed by atoms with E-state index in [2.05, 4.69) is 29.2 Å². The van der Waals surface area contributed by atoms with Crippen molar-refractivity contribution in [1.82, 2.24) is 9.88 Å². The largest absolute Gasteiger partial charge is 0.489 e. The van der Waals surface area contributed by atoms with Gasteiger partial charge in [-0.1, -0.05) is 60.7 Å². The van der Waals surface area contributed by atoms with Gasteiger partial charge in [0.15, 0.2) is 0 Å². The Morgan fingerprint density at radius 1 is 0.971 bits per heavy atom. The third-order valence-electron chi connectivity index (χ3n) is 6.43. The summed E-state index contributed by atoms with van der Waals surface area (Å²) < 4.78 is 12.0. The van der Waals surface area contributed by atoms with Gasteiger partial charge in [-0.2, -0.15) is 0 Å². The summed E-state index contributed by atoms with van der Waals surface area (Å²) >= 11 is 0. The smallest absolute Gasteiger partial charge is 0.210 e. The Labute approximate surface area is 200 Å². The van der Waals surface area contributed by atoms with Gasteiger partial charge in [-0.3, -0.25) is 9.78 Å². The minimum absolute atomic E-state index is 0.109. The molecule has 5 rings (SSSR count). The Morgan fingerprint density at radius 2 is 1.82 bits per heavy atom. The number of amides is 1. The normalized spacial score (nSPS) is 18.4. The summed E-state index contributed by atoms with van der Waals surface area (Å²) in [7, 11) is 0. The zero-order valence-electron chi connectivity index (χ0n) is 19.0. The van der Waals surface area contributed by atoms with Crippen LogP contribution in [0.5, 0.6) is 5.75 Å². The van der Waals surface area contributed by atoms with Crippen LogP contribution in [-0.4, -0.2) is 36.1 Å². The van der Waals surface area contributed by atoms with Crippen LogP contribution in [0.1, 0.15) is 22.7 Å². The summed E-state index contributed by atoms with van der Waals surface area (Å²) in [6, 6.07) is 26.4. The summed E-state index contributed by atoms with van der Waals surface area (Å²) in [4.78, 5) is 18.2. The van der Waals surface area contributed by atoms with Crippen LogP contribution in [0.4, 0.5) is 0 Å². The van der Waals surface area contributed by atoms with Crippen molar-refractivity contribution in [2.45, 2.75) is 19.1 Å². The summed E-state index contributed by atoms with van der Waals surface area (Å²) in [5.74, 6) is 1.03. The van der Waals surface area contributed by atoms with Crippen LogP contribution in [0, 0.1) is 5.92 Å². The van der Waals surface area contributed by atoms with Crippen LogP contribution in [0.25, 0.3) is 10.8 Å². The first-order valence-electron chi connectivity index (χ1n) is 11.7. The zero-order chi connectivity index (χ0) is 23.2. The molecule has 3 aromatic carbocycles. The van der Waals surface area contributed by atoms with Crippen molar-refractivity contribution in [1.29, 1.82) is 0 Å². The second-order valence-corrected chi connectivity index (χ2v) is 8.78. The fourth-order valence-corrected chi connectivity index (χ4v) is 4.65. The standard InChI is InChI=1S/C29H28N2O3/c32-21-31-17-23(15-25-7-4-8-26-16-30-14-13-28(25)26)18-33-20-29(31)24-9-11-27(12-10-24)34-19-22-5-2-1-3-6-22/h1-14,16,21,23,29H,15,17-20H2. The van der Waals surface area contributed by atoms with Crippen molar-refractivity contribution in [2.75, 3.05) is 19.8 Å². The number of rotatable bonds is 7. The number of hydrogen-bond donors (Lipinski definition) is 0. The Morgan fingerprint density at radius 3 is 2.65 bits per heavy atom. The van der Waals surface area contributed by atoms with E-state index in [0.29, 0.717) is 26.4 Å². The van der Waals surface area contributed by atoms with E-state index < -0.39 is 0 Å². The van der Waals surface area contributed by atoms with Gasteiger partial charge < -0.3 is 14.4 Å². The monoisotopic (exact) mass is 452 g/mol. The van der Waals surface area contributed by atoms with Crippen molar-refractivity contribution < 1.29 is 14.3 Å². The molecule has 0 spiro atoms. The van der Waals surface area contributed by atoms with Gasteiger partial charge in [0.1, 0.15) is 12.4 Å². The van der Waals surface area contributed by atoms with Crippen molar-refractivity contribution in [3.63, 3.8) is 0 Å². The molecule has 1 aromatic heterocycles. The third kappa shape index (κ3) is 5.10. The van der Waals surface area contributed by atoms with Crippen molar-refractivity contribution >= 4 is 17.2 Å². The van der Waals surface area contributed by atoms with Crippen LogP contribution >= 0.6 is 0 Å². The number of aromatic nitrogens is 1. The molecule has 4 aromatic rings. The quantitative estimate of drug-likeness (QED) is 0.362. The van der Waals surface area contributed by atoms with Crippen LogP contribution in [0.3, 0.4) is 0 Å². The summed E-state index contributed by atoms with van der Waals surface area (Å²) in [6.07, 6.45) is 5.53. The lowest BCUT2D eigenvalue weighted by molar-refractivity contribution is -0.120. The Bertz CT molecular complexity index is 1220. The highest BCUT2D eigenvalue weighted by Crippen LogP contribution is 2.28. The molecule has 1 aliphatic heterocycles. The van der Waals surface area contributed by atoms with E-state index in [1.807, 2.05) is 71.9 Å². The van der Waals surface area contributed by atoms with Gasteiger partial charge in [-0.15, -0.1) is 0 Å². The average molecular weight is 453 g/mol. The Hall–Kier alpha value is -3.70. The molecule has 0 N–H and O–H groups in total. The van der Waals surface area contributed by atoms with Gasteiger partial charge in [0.05, 0.1) is 19.3 Å². The summed E-state index contributed by atoms with van der Waals surface area (Å²) in [5.41, 5.74) is 3.44. The maximum atomic E-state index is 12.1. The molecule has 2 heterocycles. The molecule has 0 saturated carbocycles. The second-order valence-electron chi connectivity index (χ2n) is 8.78. The summed E-state index contributed by atoms with van der Waals surface area (Å²) in [6.45, 7) is 2.29. The molecule has 5 nitrogen and oxygen atoms in total. The second kappa shape index (κ2) is 10.5. The predicted molar refractivity (Wildman–Crippen MR) is 132 cm³/mol. The minimum atomic E-state index is -0.109. The fourth-order valence-electron chi connectivity index (χ4n) is 4.65. The Kier molecular flexibility index (Phi) is 6.82. The van der Waals surface area contributed by atoms with Gasteiger partial charge in [-0.25, -0.2) is 0 Å². The molecule has 5 heteroatoms. The predicted octanol–water partition coefficient (Wildman–Crippen LogP) is 5.20. The number of carbonyl (C=O) groups is 1. The molecule has 34 heavy (non-hydrogen) atoms. The van der Waals surface area contributed by atoms with E-state index in [4.69, 9.17) is 9.47 Å². The fraction of sp³-hybridized carbons (Fsp3) is 0.241. The summed E-state index contributed by atoms with van der Waals surface area (Å²) in [5, 5.41) is 2.34. The maximum Gasteiger partial charge on any atom is 0.210 e. The SMILES string of the molecule is O=CN1CC(Cc2cccc3cnccc23)COCC1c1ccc(OCc2ccccc2)cc1. The topological polar surface area (TPSA) is 51.7 Å². The third-order valence-corrected chi connectivity index (χ3v) is 6.43. The Balaban J connectivity index is 1.26. The number of ether oxygens (including phenoxy) is 2. The highest BCUT2D eigenvalue weighted by Gasteiger charge is 2.27. The molecule has 2 atom stereocenters. The lowest BCUT2D eigenvalue weighted by atomic mass is 9.95. The lowest BCUT2D eigenvalue weighted by Gasteiger charge is -2.27. The van der Waals surface area contributed by atoms with Gasteiger partial charge in [-0.05, 0) is 46.7 Å². The first-order valence-corrected chi connectivity index (χ1v) is 11.7. The average Bonchev–Trinajstić information content (AvgIpc) is 3.10. The molecule has 1 amide bonds. The molecule has 0 aliphatic carbocycles. The number of pyridine rings is 1. The first kappa shape index (κ1) is 22.1. The highest BCUT2D eigenvalue weighted by molar-refractivity contribution is 5.84. The van der Waals surface area contributed by atoms with E-state index in [9.17, 15) is 4.79 Å². The van der Waals surface area contributed by atoms with Crippen LogP contribution in [0.2, 0.25) is 0 Å². The van der Waals surface area contributed by atoms with Crippen molar-refractivity contribution in [3.05, 3.63) is 108 Å².